The molecule has 0 spiro atoms. The van der Waals surface area contributed by atoms with Gasteiger partial charge in [-0.3, -0.25) is 14.8 Å². The monoisotopic (exact) mass is 382 g/mol. The van der Waals surface area contributed by atoms with Crippen molar-refractivity contribution in [3.05, 3.63) is 65.6 Å². The summed E-state index contributed by atoms with van der Waals surface area (Å²) in [6, 6.07) is 13.8. The lowest BCUT2D eigenvalue weighted by Gasteiger charge is -2.10. The number of pyridine rings is 2. The maximum atomic E-state index is 11.8. The van der Waals surface area contributed by atoms with Crippen molar-refractivity contribution in [1.82, 2.24) is 9.97 Å². The Balaban J connectivity index is 1.94. The summed E-state index contributed by atoms with van der Waals surface area (Å²) in [7, 11) is 0. The van der Waals surface area contributed by atoms with Crippen LogP contribution in [0.3, 0.4) is 0 Å². The van der Waals surface area contributed by atoms with Crippen molar-refractivity contribution in [2.75, 3.05) is 0 Å². The predicted molar refractivity (Wildman–Crippen MR) is 108 cm³/mol. The summed E-state index contributed by atoms with van der Waals surface area (Å²) in [4.78, 5) is 21.6. The number of aromatic nitrogens is 2. The van der Waals surface area contributed by atoms with Crippen LogP contribution < -0.4 is 0 Å². The third kappa shape index (κ3) is 4.51. The van der Waals surface area contributed by atoms with Crippen molar-refractivity contribution in [1.29, 1.82) is 0 Å². The van der Waals surface area contributed by atoms with E-state index in [4.69, 9.17) is 11.6 Å². The molecule has 0 aliphatic carbocycles. The van der Waals surface area contributed by atoms with Gasteiger partial charge in [-0.15, -0.1) is 0 Å². The third-order valence-corrected chi connectivity index (χ3v) is 5.04. The summed E-state index contributed by atoms with van der Waals surface area (Å²) >= 11 is 7.47. The number of benzene rings is 1. The normalized spacial score (nSPS) is 10.7. The second-order valence-corrected chi connectivity index (χ2v) is 7.55. The molecule has 132 valence electrons. The van der Waals surface area contributed by atoms with Gasteiger partial charge in [-0.05, 0) is 49.2 Å². The van der Waals surface area contributed by atoms with Gasteiger partial charge in [0.25, 0.3) is 0 Å². The molecule has 2 heterocycles. The minimum Gasteiger partial charge on any atom is -0.287 e. The van der Waals surface area contributed by atoms with E-state index in [0.717, 1.165) is 39.4 Å². The minimum atomic E-state index is 0.191. The first-order valence-corrected chi connectivity index (χ1v) is 9.66. The molecular formula is C21H19ClN2OS. The zero-order valence-corrected chi connectivity index (χ0v) is 16.3. The lowest BCUT2D eigenvalue weighted by atomic mass is 10.0. The fraction of sp³-hybridized carbons (Fsp3) is 0.190. The summed E-state index contributed by atoms with van der Waals surface area (Å²) in [5, 5.41) is 0.775. The first-order chi connectivity index (χ1) is 12.6. The SMILES string of the molecule is CCCC(=O)Sc1ccc(-c2cc(Cl)cnc2-c2ccc(C)nc2)cc1. The molecule has 26 heavy (non-hydrogen) atoms. The molecule has 3 rings (SSSR count). The van der Waals surface area contributed by atoms with Crippen LogP contribution in [0.1, 0.15) is 25.5 Å². The Bertz CT molecular complexity index is 908. The van der Waals surface area contributed by atoms with E-state index in [0.29, 0.717) is 11.4 Å². The Morgan fingerprint density at radius 3 is 2.42 bits per heavy atom. The topological polar surface area (TPSA) is 42.9 Å². The number of carbonyl (C=O) groups excluding carboxylic acids is 1. The Labute approximate surface area is 162 Å². The number of hydrogen-bond acceptors (Lipinski definition) is 4. The van der Waals surface area contributed by atoms with E-state index in [9.17, 15) is 4.79 Å². The van der Waals surface area contributed by atoms with Crippen molar-refractivity contribution in [2.24, 2.45) is 0 Å². The van der Waals surface area contributed by atoms with Gasteiger partial charge in [0, 0.05) is 40.5 Å². The fourth-order valence-corrected chi connectivity index (χ4v) is 3.59. The van der Waals surface area contributed by atoms with Crippen LogP contribution in [-0.2, 0) is 4.79 Å². The standard InChI is InChI=1S/C21H19ClN2OS/c1-3-4-20(25)26-18-9-7-15(8-10-18)19-11-17(22)13-24-21(19)16-6-5-14(2)23-12-16/h5-13H,3-4H2,1-2H3. The number of rotatable bonds is 5. The molecule has 0 aliphatic rings. The van der Waals surface area contributed by atoms with Crippen LogP contribution in [0.2, 0.25) is 5.02 Å². The molecule has 3 aromatic rings. The van der Waals surface area contributed by atoms with Gasteiger partial charge in [-0.25, -0.2) is 0 Å². The molecule has 0 saturated heterocycles. The van der Waals surface area contributed by atoms with E-state index in [1.807, 2.05) is 62.5 Å². The number of carbonyl (C=O) groups is 1. The van der Waals surface area contributed by atoms with Crippen LogP contribution in [0.4, 0.5) is 0 Å². The van der Waals surface area contributed by atoms with Gasteiger partial charge in [0.2, 0.25) is 0 Å². The van der Waals surface area contributed by atoms with Crippen LogP contribution in [0.25, 0.3) is 22.4 Å². The molecule has 3 nitrogen and oxygen atoms in total. The van der Waals surface area contributed by atoms with Crippen LogP contribution in [0.5, 0.6) is 0 Å². The number of halogens is 1. The predicted octanol–water partition coefficient (Wildman–Crippen LogP) is 6.19. The maximum absolute atomic E-state index is 11.8. The van der Waals surface area contributed by atoms with Crippen LogP contribution in [0.15, 0.2) is 59.8 Å². The fourth-order valence-electron chi connectivity index (χ4n) is 2.59. The van der Waals surface area contributed by atoms with E-state index >= 15 is 0 Å². The highest BCUT2D eigenvalue weighted by Gasteiger charge is 2.11. The summed E-state index contributed by atoms with van der Waals surface area (Å²) in [6.07, 6.45) is 4.93. The lowest BCUT2D eigenvalue weighted by molar-refractivity contribution is -0.111. The highest BCUT2D eigenvalue weighted by Crippen LogP contribution is 2.33. The van der Waals surface area contributed by atoms with Crippen LogP contribution >= 0.6 is 23.4 Å². The highest BCUT2D eigenvalue weighted by atomic mass is 35.5. The minimum absolute atomic E-state index is 0.191. The number of hydrogen-bond donors (Lipinski definition) is 0. The van der Waals surface area contributed by atoms with Gasteiger partial charge in [0.1, 0.15) is 0 Å². The maximum Gasteiger partial charge on any atom is 0.193 e. The average Bonchev–Trinajstić information content (AvgIpc) is 2.63. The third-order valence-electron chi connectivity index (χ3n) is 3.89. The van der Waals surface area contributed by atoms with Crippen LogP contribution in [-0.4, -0.2) is 15.1 Å². The van der Waals surface area contributed by atoms with E-state index in [2.05, 4.69) is 9.97 Å². The van der Waals surface area contributed by atoms with Crippen LogP contribution in [0, 0.1) is 6.92 Å². The molecule has 0 amide bonds. The number of aryl methyl sites for hydroxylation is 1. The Morgan fingerprint density at radius 1 is 1.04 bits per heavy atom. The summed E-state index contributed by atoms with van der Waals surface area (Å²) in [5.41, 5.74) is 4.69. The Kier molecular flexibility index (Phi) is 6.07. The smallest absolute Gasteiger partial charge is 0.193 e. The lowest BCUT2D eigenvalue weighted by Crippen LogP contribution is -1.92. The second-order valence-electron chi connectivity index (χ2n) is 5.99. The molecule has 0 bridgehead atoms. The summed E-state index contributed by atoms with van der Waals surface area (Å²) < 4.78 is 0. The first kappa shape index (κ1) is 18.6. The van der Waals surface area contributed by atoms with Crippen molar-refractivity contribution >= 4 is 28.5 Å². The molecule has 0 aliphatic heterocycles. The Hall–Kier alpha value is -2.17. The molecule has 5 heteroatoms. The zero-order valence-electron chi connectivity index (χ0n) is 14.7. The molecule has 0 atom stereocenters. The van der Waals surface area contributed by atoms with Gasteiger partial charge >= 0.3 is 0 Å². The quantitative estimate of drug-likeness (QED) is 0.493. The van der Waals surface area contributed by atoms with Crippen molar-refractivity contribution in [3.8, 4) is 22.4 Å². The molecule has 1 aromatic carbocycles. The van der Waals surface area contributed by atoms with Gasteiger partial charge in [-0.2, -0.15) is 0 Å². The van der Waals surface area contributed by atoms with E-state index in [1.54, 1.807) is 6.20 Å². The van der Waals surface area contributed by atoms with Gasteiger partial charge in [-0.1, -0.05) is 42.4 Å². The van der Waals surface area contributed by atoms with E-state index < -0.39 is 0 Å². The summed E-state index contributed by atoms with van der Waals surface area (Å²) in [5.74, 6) is 0. The number of thioether (sulfide) groups is 1. The van der Waals surface area contributed by atoms with Gasteiger partial charge in [0.15, 0.2) is 5.12 Å². The molecule has 0 unspecified atom stereocenters. The molecular weight excluding hydrogens is 364 g/mol. The van der Waals surface area contributed by atoms with E-state index in [-0.39, 0.29) is 5.12 Å². The second kappa shape index (κ2) is 8.47. The molecule has 0 radical (unpaired) electrons. The molecule has 0 fully saturated rings. The van der Waals surface area contributed by atoms with Crippen molar-refractivity contribution in [3.63, 3.8) is 0 Å². The molecule has 0 N–H and O–H groups in total. The highest BCUT2D eigenvalue weighted by molar-refractivity contribution is 8.13. The largest absolute Gasteiger partial charge is 0.287 e. The Morgan fingerprint density at radius 2 is 1.77 bits per heavy atom. The molecule has 2 aromatic heterocycles. The van der Waals surface area contributed by atoms with Gasteiger partial charge < -0.3 is 0 Å². The first-order valence-electron chi connectivity index (χ1n) is 8.46. The molecule has 0 saturated carbocycles. The van der Waals surface area contributed by atoms with Crippen molar-refractivity contribution < 1.29 is 4.79 Å². The summed E-state index contributed by atoms with van der Waals surface area (Å²) in [6.45, 7) is 3.96. The zero-order chi connectivity index (χ0) is 18.5. The van der Waals surface area contributed by atoms with E-state index in [1.165, 1.54) is 11.8 Å². The van der Waals surface area contributed by atoms with Gasteiger partial charge in [0.05, 0.1) is 10.7 Å². The van der Waals surface area contributed by atoms with Crippen molar-refractivity contribution in [2.45, 2.75) is 31.6 Å². The number of nitrogens with zero attached hydrogens (tertiary/aromatic N) is 2. The average molecular weight is 383 g/mol.